The van der Waals surface area contributed by atoms with Crippen molar-refractivity contribution in [3.63, 3.8) is 0 Å². The van der Waals surface area contributed by atoms with Gasteiger partial charge in [-0.15, -0.1) is 0 Å². The normalized spacial score (nSPS) is 21.4. The van der Waals surface area contributed by atoms with Crippen LogP contribution in [0.1, 0.15) is 51.1 Å². The Balaban J connectivity index is 2.00. The Hall–Kier alpha value is -1.38. The summed E-state index contributed by atoms with van der Waals surface area (Å²) in [7, 11) is 0. The fourth-order valence-corrected chi connectivity index (χ4v) is 3.09. The van der Waals surface area contributed by atoms with E-state index >= 15 is 0 Å². The van der Waals surface area contributed by atoms with Crippen molar-refractivity contribution < 1.29 is 22.6 Å². The summed E-state index contributed by atoms with van der Waals surface area (Å²) in [5.41, 5.74) is 0.621. The molecule has 0 radical (unpaired) electrons. The lowest BCUT2D eigenvalue weighted by Gasteiger charge is -2.27. The molecular formula is C16H19ClF3N3O2. The summed E-state index contributed by atoms with van der Waals surface area (Å²) < 4.78 is 52.6. The lowest BCUT2D eigenvalue weighted by Crippen LogP contribution is -2.28. The van der Waals surface area contributed by atoms with Crippen LogP contribution in [-0.4, -0.2) is 33.6 Å². The van der Waals surface area contributed by atoms with Gasteiger partial charge in [0.2, 0.25) is 0 Å². The molecular weight excluding hydrogens is 359 g/mol. The van der Waals surface area contributed by atoms with Gasteiger partial charge in [0.25, 0.3) is 0 Å². The van der Waals surface area contributed by atoms with Crippen LogP contribution in [0.25, 0.3) is 11.0 Å². The van der Waals surface area contributed by atoms with Crippen LogP contribution in [0, 0.1) is 0 Å². The molecule has 0 saturated carbocycles. The molecule has 25 heavy (non-hydrogen) atoms. The monoisotopic (exact) mass is 377 g/mol. The van der Waals surface area contributed by atoms with Crippen molar-refractivity contribution >= 4 is 22.6 Å². The third kappa shape index (κ3) is 3.91. The molecule has 0 N–H and O–H groups in total. The van der Waals surface area contributed by atoms with E-state index in [4.69, 9.17) is 21.1 Å². The van der Waals surface area contributed by atoms with Crippen LogP contribution in [0.2, 0.25) is 5.15 Å². The molecule has 1 aliphatic heterocycles. The predicted molar refractivity (Wildman–Crippen MR) is 86.4 cm³/mol. The molecule has 2 aromatic rings. The minimum absolute atomic E-state index is 0.110. The fraction of sp³-hybridized carbons (Fsp3) is 0.625. The molecule has 3 atom stereocenters. The Morgan fingerprint density at radius 1 is 1.36 bits per heavy atom. The second-order valence-corrected chi connectivity index (χ2v) is 6.52. The van der Waals surface area contributed by atoms with Crippen molar-refractivity contribution in [2.45, 2.75) is 57.7 Å². The van der Waals surface area contributed by atoms with Gasteiger partial charge in [0.1, 0.15) is 28.6 Å². The van der Waals surface area contributed by atoms with Gasteiger partial charge in [-0.2, -0.15) is 13.2 Å². The Kier molecular flexibility index (Phi) is 5.22. The van der Waals surface area contributed by atoms with Gasteiger partial charge >= 0.3 is 6.18 Å². The molecule has 0 bridgehead atoms. The Bertz CT molecular complexity index is 744. The first kappa shape index (κ1) is 18.4. The second-order valence-electron chi connectivity index (χ2n) is 6.13. The highest BCUT2D eigenvalue weighted by molar-refractivity contribution is 6.29. The van der Waals surface area contributed by atoms with Gasteiger partial charge in [0, 0.05) is 12.7 Å². The minimum Gasteiger partial charge on any atom is -0.353 e. The molecule has 2 aromatic heterocycles. The molecule has 1 fully saturated rings. The number of halogens is 4. The third-order valence-electron chi connectivity index (χ3n) is 4.29. The summed E-state index contributed by atoms with van der Waals surface area (Å²) in [4.78, 5) is 8.22. The summed E-state index contributed by atoms with van der Waals surface area (Å²) in [6.45, 7) is 3.35. The van der Waals surface area contributed by atoms with E-state index in [1.54, 1.807) is 6.92 Å². The van der Waals surface area contributed by atoms with E-state index in [-0.39, 0.29) is 16.5 Å². The fourth-order valence-electron chi connectivity index (χ4n) is 2.94. The first-order valence-corrected chi connectivity index (χ1v) is 8.52. The van der Waals surface area contributed by atoms with Crippen LogP contribution in [-0.2, 0) is 9.47 Å². The molecule has 1 saturated heterocycles. The summed E-state index contributed by atoms with van der Waals surface area (Å²) in [5, 5.41) is 0.110. The van der Waals surface area contributed by atoms with E-state index in [1.807, 2.05) is 0 Å². The summed E-state index contributed by atoms with van der Waals surface area (Å²) in [6, 6.07) is -0.385. The first-order valence-electron chi connectivity index (χ1n) is 8.14. The number of nitrogens with zero attached hydrogens (tertiary/aromatic N) is 3. The van der Waals surface area contributed by atoms with E-state index in [1.165, 1.54) is 12.3 Å². The number of rotatable bonds is 4. The zero-order valence-electron chi connectivity index (χ0n) is 13.9. The number of fused-ring (bicyclic) bond motifs is 1. The number of hydrogen-bond donors (Lipinski definition) is 0. The van der Waals surface area contributed by atoms with Gasteiger partial charge in [-0.25, -0.2) is 9.97 Å². The highest BCUT2D eigenvalue weighted by Crippen LogP contribution is 2.36. The highest BCUT2D eigenvalue weighted by atomic mass is 35.5. The van der Waals surface area contributed by atoms with E-state index in [0.29, 0.717) is 18.5 Å². The Labute approximate surface area is 148 Å². The lowest BCUT2D eigenvalue weighted by molar-refractivity contribution is -0.190. The zero-order valence-corrected chi connectivity index (χ0v) is 14.6. The van der Waals surface area contributed by atoms with Crippen molar-refractivity contribution in [2.24, 2.45) is 0 Å². The smallest absolute Gasteiger partial charge is 0.353 e. The predicted octanol–water partition coefficient (Wildman–Crippen LogP) is 4.81. The molecule has 0 aromatic carbocycles. The number of aromatic nitrogens is 3. The maximum atomic E-state index is 13.4. The molecule has 138 valence electrons. The molecule has 1 unspecified atom stereocenters. The van der Waals surface area contributed by atoms with Gasteiger partial charge in [0.15, 0.2) is 6.29 Å². The minimum atomic E-state index is -4.43. The number of imidazole rings is 1. The Morgan fingerprint density at radius 3 is 2.76 bits per heavy atom. The SMILES string of the molecule is C[C@H](n1c([C@@H](C)OC2CCCCO2)nc2cnc(Cl)cc21)C(F)(F)F. The largest absolute Gasteiger partial charge is 0.408 e. The van der Waals surface area contributed by atoms with Crippen LogP contribution < -0.4 is 0 Å². The van der Waals surface area contributed by atoms with Gasteiger partial charge in [-0.05, 0) is 33.1 Å². The summed E-state index contributed by atoms with van der Waals surface area (Å²) >= 11 is 5.87. The Morgan fingerprint density at radius 2 is 2.12 bits per heavy atom. The van der Waals surface area contributed by atoms with E-state index in [9.17, 15) is 13.2 Å². The molecule has 5 nitrogen and oxygen atoms in total. The number of ether oxygens (including phenoxy) is 2. The van der Waals surface area contributed by atoms with E-state index < -0.39 is 24.6 Å². The summed E-state index contributed by atoms with van der Waals surface area (Å²) in [5.74, 6) is 0.179. The number of hydrogen-bond acceptors (Lipinski definition) is 4. The average molecular weight is 378 g/mol. The third-order valence-corrected chi connectivity index (χ3v) is 4.49. The molecule has 9 heteroatoms. The van der Waals surface area contributed by atoms with E-state index in [0.717, 1.165) is 24.3 Å². The van der Waals surface area contributed by atoms with Crippen LogP contribution in [0.15, 0.2) is 12.3 Å². The van der Waals surface area contributed by atoms with Crippen LogP contribution >= 0.6 is 11.6 Å². The molecule has 3 rings (SSSR count). The molecule has 3 heterocycles. The quantitative estimate of drug-likeness (QED) is 0.717. The van der Waals surface area contributed by atoms with Crippen LogP contribution in [0.5, 0.6) is 0 Å². The van der Waals surface area contributed by atoms with Crippen molar-refractivity contribution in [2.75, 3.05) is 6.61 Å². The second kappa shape index (κ2) is 7.09. The van der Waals surface area contributed by atoms with Crippen molar-refractivity contribution in [3.05, 3.63) is 23.2 Å². The first-order chi connectivity index (χ1) is 11.8. The average Bonchev–Trinajstić information content (AvgIpc) is 2.92. The molecule has 0 amide bonds. The lowest BCUT2D eigenvalue weighted by atomic mass is 10.2. The molecule has 0 aliphatic carbocycles. The number of pyridine rings is 1. The topological polar surface area (TPSA) is 49.2 Å². The van der Waals surface area contributed by atoms with Gasteiger partial charge in [-0.1, -0.05) is 11.6 Å². The molecule has 0 spiro atoms. The van der Waals surface area contributed by atoms with Gasteiger partial charge in [-0.3, -0.25) is 0 Å². The maximum Gasteiger partial charge on any atom is 0.408 e. The van der Waals surface area contributed by atoms with Crippen molar-refractivity contribution in [1.29, 1.82) is 0 Å². The van der Waals surface area contributed by atoms with Crippen LogP contribution in [0.3, 0.4) is 0 Å². The summed E-state index contributed by atoms with van der Waals surface area (Å²) in [6.07, 6.45) is -1.52. The van der Waals surface area contributed by atoms with E-state index in [2.05, 4.69) is 9.97 Å². The van der Waals surface area contributed by atoms with Crippen LogP contribution in [0.4, 0.5) is 13.2 Å². The maximum absolute atomic E-state index is 13.4. The number of alkyl halides is 3. The molecule has 1 aliphatic rings. The van der Waals surface area contributed by atoms with Gasteiger partial charge in [0.05, 0.1) is 11.7 Å². The van der Waals surface area contributed by atoms with Crippen molar-refractivity contribution in [1.82, 2.24) is 14.5 Å². The van der Waals surface area contributed by atoms with Gasteiger partial charge < -0.3 is 14.0 Å². The van der Waals surface area contributed by atoms with Crippen molar-refractivity contribution in [3.8, 4) is 0 Å². The zero-order chi connectivity index (χ0) is 18.2. The highest BCUT2D eigenvalue weighted by Gasteiger charge is 2.40. The standard InChI is InChI=1S/C16H19ClF3N3O2/c1-9(25-14-5-3-4-6-24-14)15-22-11-8-21-13(17)7-12(11)23(15)10(2)16(18,19)20/h7-10,14H,3-6H2,1-2H3/t9-,10+,14?/m1/s1.